The van der Waals surface area contributed by atoms with Crippen LogP contribution in [0.1, 0.15) is 25.8 Å². The van der Waals surface area contributed by atoms with E-state index in [1.54, 1.807) is 11.8 Å². The first-order chi connectivity index (χ1) is 9.66. The molecule has 1 saturated heterocycles. The molecule has 0 aromatic heterocycles. The van der Waals surface area contributed by atoms with Crippen LogP contribution < -0.4 is 10.6 Å². The van der Waals surface area contributed by atoms with Gasteiger partial charge in [-0.2, -0.15) is 0 Å². The van der Waals surface area contributed by atoms with E-state index in [1.807, 2.05) is 25.1 Å². The highest BCUT2D eigenvalue weighted by Crippen LogP contribution is 2.19. The minimum atomic E-state index is -0.00251. The summed E-state index contributed by atoms with van der Waals surface area (Å²) < 4.78 is 0. The van der Waals surface area contributed by atoms with Gasteiger partial charge in [0, 0.05) is 11.8 Å². The molecule has 3 unspecified atom stereocenters. The van der Waals surface area contributed by atoms with Crippen LogP contribution in [0.4, 0.5) is 0 Å². The van der Waals surface area contributed by atoms with Gasteiger partial charge in [0.25, 0.3) is 0 Å². The van der Waals surface area contributed by atoms with Crippen molar-refractivity contribution in [3.05, 3.63) is 35.9 Å². The van der Waals surface area contributed by atoms with E-state index in [0.717, 1.165) is 25.3 Å². The summed E-state index contributed by atoms with van der Waals surface area (Å²) in [5, 5.41) is 6.56. The second kappa shape index (κ2) is 9.34. The third-order valence-electron chi connectivity index (χ3n) is 3.83. The van der Waals surface area contributed by atoms with Crippen molar-refractivity contribution in [1.82, 2.24) is 10.6 Å². The van der Waals surface area contributed by atoms with Crippen molar-refractivity contribution in [2.45, 2.75) is 37.3 Å². The van der Waals surface area contributed by atoms with Gasteiger partial charge in [0.15, 0.2) is 0 Å². The topological polar surface area (TPSA) is 41.1 Å². The average molecular weight is 329 g/mol. The number of rotatable bonds is 5. The molecule has 1 aromatic carbocycles. The Morgan fingerprint density at radius 3 is 2.81 bits per heavy atom. The van der Waals surface area contributed by atoms with Crippen LogP contribution >= 0.6 is 24.2 Å². The van der Waals surface area contributed by atoms with Gasteiger partial charge in [-0.1, -0.05) is 37.3 Å². The maximum atomic E-state index is 12.2. The van der Waals surface area contributed by atoms with E-state index in [-0.39, 0.29) is 23.6 Å². The number of benzene rings is 1. The molecule has 3 atom stereocenters. The van der Waals surface area contributed by atoms with Crippen molar-refractivity contribution in [2.24, 2.45) is 5.92 Å². The van der Waals surface area contributed by atoms with E-state index in [9.17, 15) is 4.79 Å². The number of piperidine rings is 1. The first kappa shape index (κ1) is 18.3. The van der Waals surface area contributed by atoms with E-state index in [1.165, 1.54) is 5.56 Å². The molecule has 1 heterocycles. The Morgan fingerprint density at radius 2 is 2.14 bits per heavy atom. The smallest absolute Gasteiger partial charge is 0.233 e. The number of hydrogen-bond acceptors (Lipinski definition) is 3. The highest BCUT2D eigenvalue weighted by Gasteiger charge is 2.24. The lowest BCUT2D eigenvalue weighted by Crippen LogP contribution is -2.50. The molecule has 3 nitrogen and oxygen atoms in total. The molecule has 1 aliphatic rings. The van der Waals surface area contributed by atoms with Gasteiger partial charge in [0.05, 0.1) is 5.25 Å². The van der Waals surface area contributed by atoms with Crippen LogP contribution in [0.15, 0.2) is 30.3 Å². The monoisotopic (exact) mass is 328 g/mol. The Morgan fingerprint density at radius 1 is 1.43 bits per heavy atom. The standard InChI is InChI=1S/C16H24N2OS.ClH/c1-12-10-17-9-8-15(12)18-16(19)13(2)20-11-14-6-4-3-5-7-14;/h3-7,12-13,15,17H,8-11H2,1-2H3,(H,18,19);1H. The Labute approximate surface area is 138 Å². The van der Waals surface area contributed by atoms with E-state index in [0.29, 0.717) is 12.0 Å². The van der Waals surface area contributed by atoms with Crippen LogP contribution in [-0.4, -0.2) is 30.3 Å². The molecule has 1 aromatic rings. The van der Waals surface area contributed by atoms with Crippen LogP contribution in [0.5, 0.6) is 0 Å². The van der Waals surface area contributed by atoms with Gasteiger partial charge in [0.1, 0.15) is 0 Å². The summed E-state index contributed by atoms with van der Waals surface area (Å²) in [6.07, 6.45) is 1.03. The summed E-state index contributed by atoms with van der Waals surface area (Å²) in [7, 11) is 0. The lowest BCUT2D eigenvalue weighted by atomic mass is 9.95. The summed E-state index contributed by atoms with van der Waals surface area (Å²) in [5.41, 5.74) is 1.27. The summed E-state index contributed by atoms with van der Waals surface area (Å²) in [6, 6.07) is 10.6. The zero-order chi connectivity index (χ0) is 14.4. The molecule has 118 valence electrons. The van der Waals surface area contributed by atoms with Crippen molar-refractivity contribution in [1.29, 1.82) is 0 Å². The molecule has 2 N–H and O–H groups in total. The number of halogens is 1. The zero-order valence-electron chi connectivity index (χ0n) is 12.7. The fraction of sp³-hybridized carbons (Fsp3) is 0.562. The molecule has 2 rings (SSSR count). The molecule has 5 heteroatoms. The van der Waals surface area contributed by atoms with Gasteiger partial charge < -0.3 is 10.6 Å². The molecule has 1 amide bonds. The SMILES string of the molecule is CC(SCc1ccccc1)C(=O)NC1CCNCC1C.Cl. The maximum absolute atomic E-state index is 12.2. The first-order valence-electron chi connectivity index (χ1n) is 7.33. The van der Waals surface area contributed by atoms with Crippen LogP contribution in [0.3, 0.4) is 0 Å². The van der Waals surface area contributed by atoms with Gasteiger partial charge in [-0.25, -0.2) is 0 Å². The molecule has 0 bridgehead atoms. The zero-order valence-corrected chi connectivity index (χ0v) is 14.3. The highest BCUT2D eigenvalue weighted by atomic mass is 35.5. The molecule has 0 spiro atoms. The van der Waals surface area contributed by atoms with Crippen LogP contribution in [0.25, 0.3) is 0 Å². The van der Waals surface area contributed by atoms with E-state index in [4.69, 9.17) is 0 Å². The van der Waals surface area contributed by atoms with Crippen molar-refractivity contribution >= 4 is 30.1 Å². The van der Waals surface area contributed by atoms with Crippen LogP contribution in [0, 0.1) is 5.92 Å². The van der Waals surface area contributed by atoms with Crippen molar-refractivity contribution in [3.8, 4) is 0 Å². The van der Waals surface area contributed by atoms with Gasteiger partial charge in [0.2, 0.25) is 5.91 Å². The predicted octanol–water partition coefficient (Wildman–Crippen LogP) is 2.84. The van der Waals surface area contributed by atoms with Crippen molar-refractivity contribution < 1.29 is 4.79 Å². The minimum Gasteiger partial charge on any atom is -0.352 e. The molecule has 1 aliphatic heterocycles. The summed E-state index contributed by atoms with van der Waals surface area (Å²) in [5.74, 6) is 1.57. The Bertz CT molecular complexity index is 430. The van der Waals surface area contributed by atoms with Gasteiger partial charge in [-0.05, 0) is 37.9 Å². The second-order valence-electron chi connectivity index (χ2n) is 5.52. The van der Waals surface area contributed by atoms with Crippen LogP contribution in [0.2, 0.25) is 0 Å². The normalized spacial score (nSPS) is 23.0. The Hall–Kier alpha value is -0.710. The lowest BCUT2D eigenvalue weighted by molar-refractivity contribution is -0.121. The fourth-order valence-corrected chi connectivity index (χ4v) is 3.25. The largest absolute Gasteiger partial charge is 0.352 e. The predicted molar refractivity (Wildman–Crippen MR) is 93.0 cm³/mol. The van der Waals surface area contributed by atoms with Gasteiger partial charge in [-0.3, -0.25) is 4.79 Å². The van der Waals surface area contributed by atoms with Crippen molar-refractivity contribution in [2.75, 3.05) is 13.1 Å². The summed E-state index contributed by atoms with van der Waals surface area (Å²) in [6.45, 7) is 6.19. The Kier molecular flexibility index (Phi) is 8.15. The quantitative estimate of drug-likeness (QED) is 0.873. The number of carbonyl (C=O) groups excluding carboxylic acids is 1. The number of thioether (sulfide) groups is 1. The summed E-state index contributed by atoms with van der Waals surface area (Å²) >= 11 is 1.70. The molecule has 1 fully saturated rings. The Balaban J connectivity index is 0.00000220. The maximum Gasteiger partial charge on any atom is 0.233 e. The highest BCUT2D eigenvalue weighted by molar-refractivity contribution is 7.99. The first-order valence-corrected chi connectivity index (χ1v) is 8.38. The van der Waals surface area contributed by atoms with Crippen molar-refractivity contribution in [3.63, 3.8) is 0 Å². The number of amides is 1. The van der Waals surface area contributed by atoms with Crippen LogP contribution in [-0.2, 0) is 10.5 Å². The third kappa shape index (κ3) is 5.89. The minimum absolute atomic E-state index is 0. The van der Waals surface area contributed by atoms with E-state index < -0.39 is 0 Å². The molecule has 0 saturated carbocycles. The molecule has 21 heavy (non-hydrogen) atoms. The summed E-state index contributed by atoms with van der Waals surface area (Å²) in [4.78, 5) is 12.2. The van der Waals surface area contributed by atoms with E-state index >= 15 is 0 Å². The van der Waals surface area contributed by atoms with Gasteiger partial charge in [-0.15, -0.1) is 24.2 Å². The number of nitrogens with one attached hydrogen (secondary N) is 2. The third-order valence-corrected chi connectivity index (χ3v) is 5.04. The van der Waals surface area contributed by atoms with Gasteiger partial charge >= 0.3 is 0 Å². The molecular formula is C16H25ClN2OS. The lowest BCUT2D eigenvalue weighted by Gasteiger charge is -2.31. The second-order valence-corrected chi connectivity index (χ2v) is 6.85. The molecular weight excluding hydrogens is 304 g/mol. The number of hydrogen-bond donors (Lipinski definition) is 2. The number of carbonyl (C=O) groups is 1. The average Bonchev–Trinajstić information content (AvgIpc) is 2.48. The molecule has 0 aliphatic carbocycles. The van der Waals surface area contributed by atoms with E-state index in [2.05, 4.69) is 29.7 Å². The fourth-order valence-electron chi connectivity index (χ4n) is 2.40. The molecule has 0 radical (unpaired) electrons.